The lowest BCUT2D eigenvalue weighted by molar-refractivity contribution is -0.137. The second-order valence-corrected chi connectivity index (χ2v) is 7.40. The highest BCUT2D eigenvalue weighted by Gasteiger charge is 2.32. The van der Waals surface area contributed by atoms with Gasteiger partial charge in [-0.15, -0.1) is 0 Å². The third kappa shape index (κ3) is 4.74. The summed E-state index contributed by atoms with van der Waals surface area (Å²) in [6.07, 6.45) is -3.70. The molecular weight excluding hydrogens is 411 g/mol. The van der Waals surface area contributed by atoms with Crippen LogP contribution in [0.3, 0.4) is 0 Å². The van der Waals surface area contributed by atoms with Crippen molar-refractivity contribution >= 4 is 22.9 Å². The maximum absolute atomic E-state index is 12.7. The SMILES string of the molecule is O=C(O)c1ccccc1C(N1CCN(c2ccc(C(F)(F)F)cn2)CC1)S(=O)[O-]. The lowest BCUT2D eigenvalue weighted by atomic mass is 10.1. The van der Waals surface area contributed by atoms with E-state index in [9.17, 15) is 31.8 Å². The minimum absolute atomic E-state index is 0.0893. The maximum atomic E-state index is 12.7. The van der Waals surface area contributed by atoms with Gasteiger partial charge in [-0.3, -0.25) is 9.11 Å². The molecule has 1 saturated heterocycles. The van der Waals surface area contributed by atoms with Crippen LogP contribution in [0.5, 0.6) is 0 Å². The third-order valence-electron chi connectivity index (χ3n) is 4.68. The van der Waals surface area contributed by atoms with Gasteiger partial charge in [-0.1, -0.05) is 18.2 Å². The summed E-state index contributed by atoms with van der Waals surface area (Å²) in [5, 5.41) is 8.21. The molecule has 156 valence electrons. The highest BCUT2D eigenvalue weighted by molar-refractivity contribution is 7.79. The molecule has 0 aliphatic carbocycles. The second kappa shape index (κ2) is 8.47. The Morgan fingerprint density at radius 2 is 1.79 bits per heavy atom. The molecule has 0 amide bonds. The van der Waals surface area contributed by atoms with Crippen molar-refractivity contribution in [3.05, 3.63) is 59.3 Å². The van der Waals surface area contributed by atoms with E-state index in [1.165, 1.54) is 24.3 Å². The molecule has 3 rings (SSSR count). The van der Waals surface area contributed by atoms with Crippen LogP contribution in [-0.4, -0.2) is 55.9 Å². The van der Waals surface area contributed by atoms with E-state index in [-0.39, 0.29) is 24.2 Å². The number of hydrogen-bond acceptors (Lipinski definition) is 6. The fourth-order valence-corrected chi connectivity index (χ4v) is 4.12. The molecule has 1 aliphatic rings. The number of anilines is 1. The van der Waals surface area contributed by atoms with Crippen molar-refractivity contribution in [2.75, 3.05) is 31.1 Å². The molecule has 11 heteroatoms. The zero-order chi connectivity index (χ0) is 21.2. The number of halogens is 3. The van der Waals surface area contributed by atoms with Gasteiger partial charge in [-0.05, 0) is 34.8 Å². The summed E-state index contributed by atoms with van der Waals surface area (Å²) in [6, 6.07) is 8.14. The van der Waals surface area contributed by atoms with Crippen LogP contribution < -0.4 is 4.90 Å². The van der Waals surface area contributed by atoms with E-state index in [4.69, 9.17) is 0 Å². The van der Waals surface area contributed by atoms with Crippen molar-refractivity contribution in [1.82, 2.24) is 9.88 Å². The van der Waals surface area contributed by atoms with Gasteiger partial charge < -0.3 is 14.6 Å². The first kappa shape index (κ1) is 21.2. The van der Waals surface area contributed by atoms with Crippen molar-refractivity contribution in [3.63, 3.8) is 0 Å². The number of benzene rings is 1. The van der Waals surface area contributed by atoms with Gasteiger partial charge >= 0.3 is 12.1 Å². The first-order valence-electron chi connectivity index (χ1n) is 8.61. The second-order valence-electron chi connectivity index (χ2n) is 6.43. The number of alkyl halides is 3. The van der Waals surface area contributed by atoms with E-state index in [2.05, 4.69) is 4.98 Å². The highest BCUT2D eigenvalue weighted by atomic mass is 32.2. The Kier molecular flexibility index (Phi) is 6.20. The number of hydrogen-bond donors (Lipinski definition) is 1. The molecule has 0 radical (unpaired) electrons. The largest absolute Gasteiger partial charge is 0.771 e. The Morgan fingerprint density at radius 1 is 1.14 bits per heavy atom. The number of aromatic nitrogens is 1. The van der Waals surface area contributed by atoms with Crippen molar-refractivity contribution in [2.45, 2.75) is 11.6 Å². The Labute approximate surface area is 167 Å². The fraction of sp³-hybridized carbons (Fsp3) is 0.333. The quantitative estimate of drug-likeness (QED) is 0.731. The zero-order valence-corrected chi connectivity index (χ0v) is 15.8. The first-order chi connectivity index (χ1) is 13.7. The molecule has 2 unspecified atom stereocenters. The molecular formula is C18H17F3N3O4S-. The van der Waals surface area contributed by atoms with E-state index in [1.807, 2.05) is 0 Å². The highest BCUT2D eigenvalue weighted by Crippen LogP contribution is 2.31. The number of carbonyl (C=O) groups is 1. The van der Waals surface area contributed by atoms with Gasteiger partial charge in [0, 0.05) is 32.4 Å². The minimum Gasteiger partial charge on any atom is -0.771 e. The molecule has 0 saturated carbocycles. The van der Waals surface area contributed by atoms with Crippen LogP contribution in [0.1, 0.15) is 26.9 Å². The average Bonchev–Trinajstić information content (AvgIpc) is 2.68. The summed E-state index contributed by atoms with van der Waals surface area (Å²) < 4.78 is 61.8. The lowest BCUT2D eigenvalue weighted by Crippen LogP contribution is -2.49. The van der Waals surface area contributed by atoms with Crippen LogP contribution in [0.15, 0.2) is 42.6 Å². The number of pyridine rings is 1. The molecule has 0 bridgehead atoms. The lowest BCUT2D eigenvalue weighted by Gasteiger charge is -2.40. The van der Waals surface area contributed by atoms with E-state index in [0.29, 0.717) is 18.9 Å². The molecule has 2 aromatic rings. The maximum Gasteiger partial charge on any atom is 0.417 e. The number of piperazine rings is 1. The molecule has 7 nitrogen and oxygen atoms in total. The molecule has 1 aromatic heterocycles. The molecule has 2 atom stereocenters. The minimum atomic E-state index is -4.47. The van der Waals surface area contributed by atoms with Crippen molar-refractivity contribution in [1.29, 1.82) is 0 Å². The summed E-state index contributed by atoms with van der Waals surface area (Å²) in [7, 11) is 0. The summed E-state index contributed by atoms with van der Waals surface area (Å²) in [5.41, 5.74) is -0.755. The van der Waals surface area contributed by atoms with Crippen LogP contribution in [0.2, 0.25) is 0 Å². The van der Waals surface area contributed by atoms with Crippen LogP contribution in [0.25, 0.3) is 0 Å². The Balaban J connectivity index is 1.75. The van der Waals surface area contributed by atoms with E-state index >= 15 is 0 Å². The van der Waals surface area contributed by atoms with Gasteiger partial charge in [-0.25, -0.2) is 9.78 Å². The standard InChI is InChI=1S/C18H18F3N3O4S/c19-18(20,21)12-5-6-15(22-11-12)23-7-9-24(10-8-23)16(29(27)28)13-3-1-2-4-14(13)17(25)26/h1-6,11,16H,7-10H2,(H,25,26)(H,27,28)/p-1. The Hall–Kier alpha value is -2.50. The monoisotopic (exact) mass is 428 g/mol. The molecule has 1 aliphatic heterocycles. The molecule has 2 heterocycles. The average molecular weight is 428 g/mol. The summed E-state index contributed by atoms with van der Waals surface area (Å²) in [4.78, 5) is 18.7. The summed E-state index contributed by atoms with van der Waals surface area (Å²) in [5.74, 6) is -0.855. The van der Waals surface area contributed by atoms with Crippen molar-refractivity contribution < 1.29 is 31.8 Å². The summed E-state index contributed by atoms with van der Waals surface area (Å²) in [6.45, 7) is 1.22. The van der Waals surface area contributed by atoms with Gasteiger partial charge in [-0.2, -0.15) is 13.2 Å². The van der Waals surface area contributed by atoms with Gasteiger partial charge in [0.25, 0.3) is 0 Å². The van der Waals surface area contributed by atoms with Gasteiger partial charge in [0.05, 0.1) is 16.5 Å². The van der Waals surface area contributed by atoms with Crippen molar-refractivity contribution in [2.24, 2.45) is 0 Å². The van der Waals surface area contributed by atoms with Crippen LogP contribution >= 0.6 is 0 Å². The topological polar surface area (TPSA) is 96.8 Å². The van der Waals surface area contributed by atoms with Crippen LogP contribution in [0, 0.1) is 0 Å². The van der Waals surface area contributed by atoms with Gasteiger partial charge in [0.2, 0.25) is 0 Å². The number of aromatic carboxylic acids is 1. The predicted molar refractivity (Wildman–Crippen MR) is 98.1 cm³/mol. The van der Waals surface area contributed by atoms with Crippen molar-refractivity contribution in [3.8, 4) is 0 Å². The Morgan fingerprint density at radius 3 is 2.31 bits per heavy atom. The third-order valence-corrected chi connectivity index (χ3v) is 5.60. The normalized spacial score (nSPS) is 17.7. The predicted octanol–water partition coefficient (Wildman–Crippen LogP) is 2.50. The first-order valence-corrected chi connectivity index (χ1v) is 9.75. The molecule has 1 fully saturated rings. The number of carboxylic acids is 1. The fourth-order valence-electron chi connectivity index (χ4n) is 3.26. The van der Waals surface area contributed by atoms with Gasteiger partial charge in [0.1, 0.15) is 5.82 Å². The number of carboxylic acid groups (broad SMARTS) is 1. The molecule has 1 N–H and O–H groups in total. The molecule has 0 spiro atoms. The number of nitrogens with zero attached hydrogens (tertiary/aromatic N) is 3. The summed E-state index contributed by atoms with van der Waals surface area (Å²) >= 11 is -2.59. The van der Waals surface area contributed by atoms with Gasteiger partial charge in [0.15, 0.2) is 0 Å². The smallest absolute Gasteiger partial charge is 0.417 e. The van der Waals surface area contributed by atoms with Crippen LogP contribution in [-0.2, 0) is 17.3 Å². The van der Waals surface area contributed by atoms with E-state index in [0.717, 1.165) is 12.3 Å². The van der Waals surface area contributed by atoms with E-state index < -0.39 is 34.2 Å². The van der Waals surface area contributed by atoms with Crippen LogP contribution in [0.4, 0.5) is 19.0 Å². The zero-order valence-electron chi connectivity index (χ0n) is 15.0. The molecule has 29 heavy (non-hydrogen) atoms. The molecule has 1 aromatic carbocycles. The van der Waals surface area contributed by atoms with E-state index in [1.54, 1.807) is 15.9 Å². The Bertz CT molecular complexity index is 900. The number of rotatable bonds is 5.